The minimum Gasteiger partial charge on any atom is -0.335 e. The highest BCUT2D eigenvalue weighted by molar-refractivity contribution is 6.10. The molecule has 230 valence electrons. The summed E-state index contributed by atoms with van der Waals surface area (Å²) in [4.78, 5) is 2.38. The molecule has 0 aliphatic carbocycles. The summed E-state index contributed by atoms with van der Waals surface area (Å²) in [5.74, 6) is 0. The number of allylic oxidation sites excluding steroid dienone is 3. The zero-order valence-corrected chi connectivity index (χ0v) is 27.6. The zero-order chi connectivity index (χ0) is 32.5. The van der Waals surface area contributed by atoms with E-state index in [4.69, 9.17) is 0 Å². The highest BCUT2D eigenvalue weighted by Gasteiger charge is 2.22. The lowest BCUT2D eigenvalue weighted by Gasteiger charge is -2.28. The lowest BCUT2D eigenvalue weighted by Crippen LogP contribution is -2.21. The highest BCUT2D eigenvalue weighted by Crippen LogP contribution is 2.43. The fourth-order valence-corrected chi connectivity index (χ4v) is 6.78. The van der Waals surface area contributed by atoms with E-state index in [2.05, 4.69) is 195 Å². The molecule has 0 fully saturated rings. The Labute approximate surface area is 278 Å². The van der Waals surface area contributed by atoms with Crippen molar-refractivity contribution in [2.24, 2.45) is 0 Å². The monoisotopic (exact) mass is 608 g/mol. The molecule has 0 saturated carbocycles. The van der Waals surface area contributed by atoms with Crippen molar-refractivity contribution in [3.8, 4) is 22.3 Å². The lowest BCUT2D eigenvalue weighted by atomic mass is 9.98. The Bertz CT molecular complexity index is 2230. The fraction of sp³-hybridized carbons (Fsp3) is 0.111. The van der Waals surface area contributed by atoms with Crippen LogP contribution in [0.15, 0.2) is 164 Å². The third-order valence-corrected chi connectivity index (χ3v) is 8.98. The number of benzene rings is 6. The highest BCUT2D eigenvalue weighted by atomic mass is 15.1. The van der Waals surface area contributed by atoms with Crippen molar-refractivity contribution in [2.45, 2.75) is 33.2 Å². The number of rotatable bonds is 7. The molecular weight excluding hydrogens is 569 g/mol. The Morgan fingerprint density at radius 1 is 0.596 bits per heavy atom. The first-order valence-corrected chi connectivity index (χ1v) is 16.3. The first kappa shape index (κ1) is 30.1. The normalized spacial score (nSPS) is 12.0. The Kier molecular flexibility index (Phi) is 7.87. The van der Waals surface area contributed by atoms with Crippen molar-refractivity contribution < 1.29 is 0 Å². The molecule has 6 aromatic carbocycles. The van der Waals surface area contributed by atoms with Crippen molar-refractivity contribution in [1.29, 1.82) is 0 Å². The van der Waals surface area contributed by atoms with Gasteiger partial charge in [-0.25, -0.2) is 0 Å². The van der Waals surface area contributed by atoms with Gasteiger partial charge in [-0.3, -0.25) is 0 Å². The molecule has 0 spiro atoms. The molecular formula is C45H40N2. The summed E-state index contributed by atoms with van der Waals surface area (Å²) < 4.78 is 2.47. The van der Waals surface area contributed by atoms with Gasteiger partial charge in [-0.2, -0.15) is 0 Å². The van der Waals surface area contributed by atoms with Crippen molar-refractivity contribution in [3.63, 3.8) is 0 Å². The van der Waals surface area contributed by atoms with Crippen molar-refractivity contribution >= 4 is 44.4 Å². The van der Waals surface area contributed by atoms with Gasteiger partial charge in [-0.15, -0.1) is 0 Å². The number of aromatic nitrogens is 1. The van der Waals surface area contributed by atoms with Gasteiger partial charge in [0.15, 0.2) is 0 Å². The second kappa shape index (κ2) is 12.3. The molecule has 7 aromatic rings. The van der Waals surface area contributed by atoms with Crippen molar-refractivity contribution in [2.75, 3.05) is 4.90 Å². The van der Waals surface area contributed by atoms with Crippen LogP contribution in [-0.4, -0.2) is 4.57 Å². The first-order chi connectivity index (χ1) is 22.8. The molecule has 0 N–H and O–H groups in total. The largest absolute Gasteiger partial charge is 0.335 e. The molecule has 1 aromatic heterocycles. The minimum atomic E-state index is -0.0468. The summed E-state index contributed by atoms with van der Waals surface area (Å²) in [7, 11) is 0. The summed E-state index contributed by atoms with van der Waals surface area (Å²) >= 11 is 0. The van der Waals surface area contributed by atoms with Gasteiger partial charge in [0.2, 0.25) is 0 Å². The molecule has 1 heterocycles. The van der Waals surface area contributed by atoms with Gasteiger partial charge in [0, 0.05) is 44.3 Å². The van der Waals surface area contributed by atoms with Crippen LogP contribution in [0.2, 0.25) is 0 Å². The molecule has 0 aliphatic heterocycles. The van der Waals surface area contributed by atoms with Crippen LogP contribution in [0.4, 0.5) is 17.1 Å². The Balaban J connectivity index is 1.40. The number of nitrogens with zero attached hydrogens (tertiary/aromatic N) is 2. The van der Waals surface area contributed by atoms with Crippen LogP contribution >= 0.6 is 0 Å². The maximum Gasteiger partial charge on any atom is 0.0540 e. The van der Waals surface area contributed by atoms with E-state index in [9.17, 15) is 0 Å². The molecule has 0 aliphatic rings. The lowest BCUT2D eigenvalue weighted by molar-refractivity contribution is 0.423. The number of para-hydroxylation sites is 2. The fourth-order valence-electron chi connectivity index (χ4n) is 6.78. The maximum atomic E-state index is 3.88. The van der Waals surface area contributed by atoms with Crippen LogP contribution in [0.5, 0.6) is 0 Å². The van der Waals surface area contributed by atoms with Gasteiger partial charge in [0.25, 0.3) is 0 Å². The summed E-state index contributed by atoms with van der Waals surface area (Å²) in [5.41, 5.74) is 13.0. The van der Waals surface area contributed by atoms with E-state index >= 15 is 0 Å². The third kappa shape index (κ3) is 5.68. The second-order valence-electron chi connectivity index (χ2n) is 13.2. The number of hydrogen-bond donors (Lipinski definition) is 0. The van der Waals surface area contributed by atoms with Gasteiger partial charge < -0.3 is 9.47 Å². The second-order valence-corrected chi connectivity index (χ2v) is 13.2. The molecule has 0 saturated heterocycles. The summed E-state index contributed by atoms with van der Waals surface area (Å²) in [6.07, 6.45) is 3.90. The number of anilines is 3. The van der Waals surface area contributed by atoms with E-state index in [-0.39, 0.29) is 5.54 Å². The van der Waals surface area contributed by atoms with Gasteiger partial charge in [-0.1, -0.05) is 116 Å². The van der Waals surface area contributed by atoms with E-state index < -0.39 is 0 Å². The molecule has 0 amide bonds. The van der Waals surface area contributed by atoms with Crippen molar-refractivity contribution in [1.82, 2.24) is 4.57 Å². The molecule has 0 atom stereocenters. The molecule has 2 nitrogen and oxygen atoms in total. The van der Waals surface area contributed by atoms with Crippen LogP contribution in [-0.2, 0) is 5.54 Å². The molecule has 47 heavy (non-hydrogen) atoms. The van der Waals surface area contributed by atoms with Crippen LogP contribution < -0.4 is 4.90 Å². The van der Waals surface area contributed by atoms with Crippen molar-refractivity contribution in [3.05, 3.63) is 170 Å². The summed E-state index contributed by atoms with van der Waals surface area (Å²) in [5, 5.41) is 2.55. The van der Waals surface area contributed by atoms with Gasteiger partial charge >= 0.3 is 0 Å². The van der Waals surface area contributed by atoms with Crippen LogP contribution in [0.3, 0.4) is 0 Å². The van der Waals surface area contributed by atoms with Crippen LogP contribution in [0.25, 0.3) is 49.6 Å². The van der Waals surface area contributed by atoms with Gasteiger partial charge in [-0.05, 0) is 104 Å². The third-order valence-electron chi connectivity index (χ3n) is 8.98. The standard InChI is InChI=1S/C45H40N2/c1-6-14-32(2)33-21-26-37(27-22-33)46(38-28-23-35(24-29-38)34-15-8-7-9-16-34)42-19-12-10-17-39(42)36-25-30-44-41(31-36)40-18-11-13-20-43(40)47(44)45(3,4)5/h6-31H,1H2,2-5H3/b32-14+. The van der Waals surface area contributed by atoms with E-state index in [1.165, 1.54) is 55.2 Å². The smallest absolute Gasteiger partial charge is 0.0540 e. The van der Waals surface area contributed by atoms with E-state index in [0.717, 1.165) is 17.1 Å². The molecule has 0 bridgehead atoms. The van der Waals surface area contributed by atoms with Gasteiger partial charge in [0.05, 0.1) is 5.69 Å². The van der Waals surface area contributed by atoms with E-state index in [1.54, 1.807) is 0 Å². The molecule has 0 radical (unpaired) electrons. The Morgan fingerprint density at radius 3 is 1.87 bits per heavy atom. The number of hydrogen-bond acceptors (Lipinski definition) is 1. The first-order valence-electron chi connectivity index (χ1n) is 16.3. The minimum absolute atomic E-state index is 0.0468. The SMILES string of the molecule is C=C/C=C(\C)c1ccc(N(c2ccc(-c3ccccc3)cc2)c2ccccc2-c2ccc3c(c2)c2ccccc2n3C(C)(C)C)cc1. The van der Waals surface area contributed by atoms with Gasteiger partial charge in [0.1, 0.15) is 0 Å². The predicted octanol–water partition coefficient (Wildman–Crippen LogP) is 12.9. The molecule has 7 rings (SSSR count). The van der Waals surface area contributed by atoms with E-state index in [0.29, 0.717) is 0 Å². The van der Waals surface area contributed by atoms with Crippen LogP contribution in [0.1, 0.15) is 33.3 Å². The Hall–Kier alpha value is -5.60. The van der Waals surface area contributed by atoms with Crippen LogP contribution in [0, 0.1) is 0 Å². The zero-order valence-electron chi connectivity index (χ0n) is 27.6. The quantitative estimate of drug-likeness (QED) is 0.163. The maximum absolute atomic E-state index is 3.88. The topological polar surface area (TPSA) is 8.17 Å². The summed E-state index contributed by atoms with van der Waals surface area (Å²) in [6, 6.07) is 52.8. The average molecular weight is 609 g/mol. The molecule has 0 unspecified atom stereocenters. The predicted molar refractivity (Wildman–Crippen MR) is 204 cm³/mol. The average Bonchev–Trinajstić information content (AvgIpc) is 3.44. The van der Waals surface area contributed by atoms with E-state index in [1.807, 2.05) is 6.08 Å². The Morgan fingerprint density at radius 2 is 1.17 bits per heavy atom. The number of fused-ring (bicyclic) bond motifs is 3. The molecule has 2 heteroatoms. The summed E-state index contributed by atoms with van der Waals surface area (Å²) in [6.45, 7) is 12.8.